The summed E-state index contributed by atoms with van der Waals surface area (Å²) in [5.41, 5.74) is 1.52. The van der Waals surface area contributed by atoms with Gasteiger partial charge in [0.1, 0.15) is 5.69 Å². The monoisotopic (exact) mass is 325 g/mol. The Morgan fingerprint density at radius 3 is 2.42 bits per heavy atom. The summed E-state index contributed by atoms with van der Waals surface area (Å²) in [5.74, 6) is -0.339. The van der Waals surface area contributed by atoms with E-state index in [1.807, 2.05) is 30.3 Å². The summed E-state index contributed by atoms with van der Waals surface area (Å²) in [7, 11) is 3.47. The van der Waals surface area contributed by atoms with Gasteiger partial charge in [-0.15, -0.1) is 0 Å². The van der Waals surface area contributed by atoms with E-state index in [0.717, 1.165) is 18.5 Å². The van der Waals surface area contributed by atoms with Gasteiger partial charge in [-0.3, -0.25) is 14.6 Å². The van der Waals surface area contributed by atoms with Crippen LogP contribution in [0.4, 0.5) is 5.69 Å². The van der Waals surface area contributed by atoms with Crippen molar-refractivity contribution in [1.82, 2.24) is 9.88 Å². The van der Waals surface area contributed by atoms with Crippen molar-refractivity contribution in [1.29, 1.82) is 0 Å². The number of hydrogen-bond donors (Lipinski definition) is 0. The lowest BCUT2D eigenvalue weighted by molar-refractivity contribution is 0.0793. The number of pyridine rings is 1. The maximum absolute atomic E-state index is 12.6. The third-order valence-corrected chi connectivity index (χ3v) is 3.87. The zero-order valence-corrected chi connectivity index (χ0v) is 14.4. The molecule has 0 fully saturated rings. The first-order valence-corrected chi connectivity index (χ1v) is 8.09. The molecule has 0 bridgehead atoms. The van der Waals surface area contributed by atoms with E-state index in [1.165, 1.54) is 11.1 Å². The molecule has 0 unspecified atom stereocenters. The number of carbonyl (C=O) groups is 2. The number of para-hydroxylation sites is 1. The van der Waals surface area contributed by atoms with E-state index < -0.39 is 0 Å². The minimum absolute atomic E-state index is 0.0951. The molecule has 1 aromatic carbocycles. The van der Waals surface area contributed by atoms with Crippen molar-refractivity contribution in [2.75, 3.05) is 25.5 Å². The summed E-state index contributed by atoms with van der Waals surface area (Å²) in [6.07, 6.45) is 3.49. The fourth-order valence-corrected chi connectivity index (χ4v) is 2.34. The highest BCUT2D eigenvalue weighted by molar-refractivity contribution is 6.06. The van der Waals surface area contributed by atoms with Crippen LogP contribution in [0.5, 0.6) is 0 Å². The van der Waals surface area contributed by atoms with E-state index in [-0.39, 0.29) is 17.5 Å². The predicted octanol–water partition coefficient (Wildman–Crippen LogP) is 3.23. The molecule has 2 aromatic rings. The van der Waals surface area contributed by atoms with Gasteiger partial charge in [0.15, 0.2) is 0 Å². The summed E-state index contributed by atoms with van der Waals surface area (Å²) in [5, 5.41) is 0. The maximum atomic E-state index is 12.6. The number of nitrogens with zero attached hydrogens (tertiary/aromatic N) is 3. The minimum atomic E-state index is -0.243. The summed E-state index contributed by atoms with van der Waals surface area (Å²) in [6, 6.07) is 12.5. The number of aromatic nitrogens is 1. The van der Waals surface area contributed by atoms with Crippen LogP contribution in [0.3, 0.4) is 0 Å². The molecular weight excluding hydrogens is 302 g/mol. The van der Waals surface area contributed by atoms with Crippen LogP contribution in [0.25, 0.3) is 0 Å². The molecule has 126 valence electrons. The standard InChI is InChI=1S/C19H23N3O2/c1-4-5-13-21(2)18(23)15-11-12-20-17(14-15)19(24)22(3)16-9-7-6-8-10-16/h6-12,14H,4-5,13H2,1-3H3. The van der Waals surface area contributed by atoms with Crippen LogP contribution < -0.4 is 4.90 Å². The highest BCUT2D eigenvalue weighted by Crippen LogP contribution is 2.15. The first-order valence-electron chi connectivity index (χ1n) is 8.09. The molecule has 5 heteroatoms. The normalized spacial score (nSPS) is 10.3. The van der Waals surface area contributed by atoms with Crippen LogP contribution in [0, 0.1) is 0 Å². The highest BCUT2D eigenvalue weighted by atomic mass is 16.2. The molecule has 0 saturated carbocycles. The fourth-order valence-electron chi connectivity index (χ4n) is 2.34. The van der Waals surface area contributed by atoms with Gasteiger partial charge < -0.3 is 9.80 Å². The molecule has 0 aliphatic rings. The number of unbranched alkanes of at least 4 members (excludes halogenated alkanes) is 1. The fraction of sp³-hybridized carbons (Fsp3) is 0.316. The molecule has 0 spiro atoms. The maximum Gasteiger partial charge on any atom is 0.276 e. The molecule has 0 aliphatic heterocycles. The average molecular weight is 325 g/mol. The molecule has 0 atom stereocenters. The molecule has 1 heterocycles. The van der Waals surface area contributed by atoms with Gasteiger partial charge in [-0.05, 0) is 30.7 Å². The summed E-state index contributed by atoms with van der Waals surface area (Å²) >= 11 is 0. The van der Waals surface area contributed by atoms with E-state index in [2.05, 4.69) is 11.9 Å². The molecule has 0 N–H and O–H groups in total. The van der Waals surface area contributed by atoms with Crippen molar-refractivity contribution in [3.05, 3.63) is 59.9 Å². The van der Waals surface area contributed by atoms with E-state index in [1.54, 1.807) is 31.1 Å². The van der Waals surface area contributed by atoms with Gasteiger partial charge in [0.2, 0.25) is 0 Å². The quantitative estimate of drug-likeness (QED) is 0.819. The lowest BCUT2D eigenvalue weighted by atomic mass is 10.2. The smallest absolute Gasteiger partial charge is 0.276 e. The second-order valence-corrected chi connectivity index (χ2v) is 5.71. The van der Waals surface area contributed by atoms with Gasteiger partial charge in [0, 0.05) is 38.1 Å². The van der Waals surface area contributed by atoms with Gasteiger partial charge >= 0.3 is 0 Å². The Kier molecular flexibility index (Phi) is 6.07. The van der Waals surface area contributed by atoms with Crippen molar-refractivity contribution in [2.45, 2.75) is 19.8 Å². The number of benzene rings is 1. The van der Waals surface area contributed by atoms with Crippen molar-refractivity contribution in [3.8, 4) is 0 Å². The van der Waals surface area contributed by atoms with Gasteiger partial charge in [0.25, 0.3) is 11.8 Å². The number of amides is 2. The summed E-state index contributed by atoms with van der Waals surface area (Å²) in [4.78, 5) is 32.4. The van der Waals surface area contributed by atoms with E-state index in [9.17, 15) is 9.59 Å². The van der Waals surface area contributed by atoms with Crippen LogP contribution in [-0.4, -0.2) is 42.3 Å². The molecular formula is C19H23N3O2. The molecule has 2 rings (SSSR count). The van der Waals surface area contributed by atoms with Crippen molar-refractivity contribution in [3.63, 3.8) is 0 Å². The van der Waals surface area contributed by atoms with Gasteiger partial charge in [-0.1, -0.05) is 31.5 Å². The second kappa shape index (κ2) is 8.24. The van der Waals surface area contributed by atoms with Crippen LogP contribution in [-0.2, 0) is 0 Å². The number of hydrogen-bond acceptors (Lipinski definition) is 3. The lowest BCUT2D eigenvalue weighted by Gasteiger charge is -2.18. The highest BCUT2D eigenvalue weighted by Gasteiger charge is 2.18. The predicted molar refractivity (Wildman–Crippen MR) is 95.3 cm³/mol. The Balaban J connectivity index is 2.17. The van der Waals surface area contributed by atoms with Gasteiger partial charge in [0.05, 0.1) is 0 Å². The van der Waals surface area contributed by atoms with Gasteiger partial charge in [-0.25, -0.2) is 0 Å². The van der Waals surface area contributed by atoms with Gasteiger partial charge in [-0.2, -0.15) is 0 Å². The minimum Gasteiger partial charge on any atom is -0.342 e. The molecule has 5 nitrogen and oxygen atoms in total. The largest absolute Gasteiger partial charge is 0.342 e. The molecule has 1 aromatic heterocycles. The lowest BCUT2D eigenvalue weighted by Crippen LogP contribution is -2.29. The molecule has 2 amide bonds. The molecule has 24 heavy (non-hydrogen) atoms. The Bertz CT molecular complexity index is 701. The van der Waals surface area contributed by atoms with Crippen LogP contribution >= 0.6 is 0 Å². The van der Waals surface area contributed by atoms with Crippen molar-refractivity contribution in [2.24, 2.45) is 0 Å². The van der Waals surface area contributed by atoms with E-state index >= 15 is 0 Å². The molecule has 0 aliphatic carbocycles. The van der Waals surface area contributed by atoms with Crippen molar-refractivity contribution >= 4 is 17.5 Å². The van der Waals surface area contributed by atoms with E-state index in [4.69, 9.17) is 0 Å². The third kappa shape index (κ3) is 4.19. The van der Waals surface area contributed by atoms with Crippen LogP contribution in [0.15, 0.2) is 48.7 Å². The van der Waals surface area contributed by atoms with Crippen LogP contribution in [0.2, 0.25) is 0 Å². The number of carbonyl (C=O) groups excluding carboxylic acids is 2. The number of rotatable bonds is 6. The SMILES string of the molecule is CCCCN(C)C(=O)c1ccnc(C(=O)N(C)c2ccccc2)c1. The third-order valence-electron chi connectivity index (χ3n) is 3.87. The van der Waals surface area contributed by atoms with Crippen molar-refractivity contribution < 1.29 is 9.59 Å². The number of anilines is 1. The first-order chi connectivity index (χ1) is 11.5. The molecule has 0 saturated heterocycles. The first kappa shape index (κ1) is 17.7. The average Bonchev–Trinajstić information content (AvgIpc) is 2.65. The molecule has 0 radical (unpaired) electrons. The Morgan fingerprint density at radius 1 is 1.04 bits per heavy atom. The zero-order chi connectivity index (χ0) is 17.5. The zero-order valence-electron chi connectivity index (χ0n) is 14.4. The Morgan fingerprint density at radius 2 is 1.75 bits per heavy atom. The topological polar surface area (TPSA) is 53.5 Å². The Labute approximate surface area is 142 Å². The van der Waals surface area contributed by atoms with E-state index in [0.29, 0.717) is 12.1 Å². The second-order valence-electron chi connectivity index (χ2n) is 5.71. The summed E-state index contributed by atoms with van der Waals surface area (Å²) < 4.78 is 0. The Hall–Kier alpha value is -2.69. The summed E-state index contributed by atoms with van der Waals surface area (Å²) in [6.45, 7) is 2.78. The van der Waals surface area contributed by atoms with Crippen LogP contribution in [0.1, 0.15) is 40.6 Å².